The van der Waals surface area contributed by atoms with E-state index in [0.717, 1.165) is 18.6 Å². The van der Waals surface area contributed by atoms with Gasteiger partial charge in [0, 0.05) is 12.3 Å². The summed E-state index contributed by atoms with van der Waals surface area (Å²) in [6, 6.07) is 1.83. The first-order chi connectivity index (χ1) is 8.99. The van der Waals surface area contributed by atoms with Crippen molar-refractivity contribution in [3.63, 3.8) is 0 Å². The highest BCUT2D eigenvalue weighted by Crippen LogP contribution is 2.26. The lowest BCUT2D eigenvalue weighted by atomic mass is 10.2. The van der Waals surface area contributed by atoms with Gasteiger partial charge in [-0.2, -0.15) is 0 Å². The maximum atomic E-state index is 13.5. The van der Waals surface area contributed by atoms with Crippen LogP contribution in [-0.4, -0.2) is 21.0 Å². The Labute approximate surface area is 114 Å². The van der Waals surface area contributed by atoms with Crippen LogP contribution >= 0.6 is 15.9 Å². The zero-order valence-corrected chi connectivity index (χ0v) is 10.8. The zero-order valence-electron chi connectivity index (χ0n) is 9.19. The number of aromatic carboxylic acids is 1. The van der Waals surface area contributed by atoms with E-state index in [1.807, 2.05) is 0 Å². The van der Waals surface area contributed by atoms with Gasteiger partial charge in [-0.15, -0.1) is 0 Å². The van der Waals surface area contributed by atoms with E-state index in [4.69, 9.17) is 5.11 Å². The van der Waals surface area contributed by atoms with E-state index in [1.54, 1.807) is 0 Å². The summed E-state index contributed by atoms with van der Waals surface area (Å²) < 4.78 is 26.7. The molecule has 98 valence electrons. The topological polar surface area (TPSA) is 75.1 Å². The van der Waals surface area contributed by atoms with E-state index in [0.29, 0.717) is 6.07 Å². The minimum atomic E-state index is -1.26. The van der Waals surface area contributed by atoms with Gasteiger partial charge in [0.05, 0.1) is 10.2 Å². The first-order valence-corrected chi connectivity index (χ1v) is 5.73. The highest BCUT2D eigenvalue weighted by molar-refractivity contribution is 9.10. The van der Waals surface area contributed by atoms with Gasteiger partial charge >= 0.3 is 5.97 Å². The molecule has 0 saturated carbocycles. The lowest BCUT2D eigenvalue weighted by molar-refractivity contribution is 0.0697. The molecule has 2 N–H and O–H groups in total. The Morgan fingerprint density at radius 1 is 1.32 bits per heavy atom. The van der Waals surface area contributed by atoms with Crippen LogP contribution in [0, 0.1) is 11.6 Å². The fraction of sp³-hybridized carbons (Fsp3) is 0. The van der Waals surface area contributed by atoms with Crippen molar-refractivity contribution >= 4 is 33.4 Å². The van der Waals surface area contributed by atoms with Crippen molar-refractivity contribution in [1.29, 1.82) is 0 Å². The Balaban J connectivity index is 2.42. The van der Waals surface area contributed by atoms with Crippen LogP contribution in [0.3, 0.4) is 0 Å². The number of hydrogen-bond acceptors (Lipinski definition) is 4. The molecule has 19 heavy (non-hydrogen) atoms. The van der Waals surface area contributed by atoms with Crippen LogP contribution in [-0.2, 0) is 0 Å². The summed E-state index contributed by atoms with van der Waals surface area (Å²) in [7, 11) is 0. The molecular weight excluding hydrogens is 324 g/mol. The number of benzene rings is 1. The van der Waals surface area contributed by atoms with Gasteiger partial charge in [-0.05, 0) is 22.0 Å². The van der Waals surface area contributed by atoms with E-state index in [-0.39, 0.29) is 21.5 Å². The van der Waals surface area contributed by atoms with E-state index in [9.17, 15) is 13.6 Å². The van der Waals surface area contributed by atoms with Crippen LogP contribution in [0.25, 0.3) is 0 Å². The molecule has 0 bridgehead atoms. The van der Waals surface area contributed by atoms with Gasteiger partial charge < -0.3 is 10.4 Å². The van der Waals surface area contributed by atoms with Gasteiger partial charge in [-0.3, -0.25) is 0 Å². The minimum absolute atomic E-state index is 0.0438. The quantitative estimate of drug-likeness (QED) is 0.847. The molecule has 1 aromatic heterocycles. The molecule has 0 spiro atoms. The molecule has 0 aliphatic rings. The molecule has 2 rings (SSSR count). The lowest BCUT2D eigenvalue weighted by Crippen LogP contribution is -2.06. The second-order valence-corrected chi connectivity index (χ2v) is 4.32. The Bertz CT molecular complexity index is 652. The molecule has 0 unspecified atom stereocenters. The van der Waals surface area contributed by atoms with Crippen molar-refractivity contribution in [2.45, 2.75) is 0 Å². The number of nitrogens with one attached hydrogen (secondary N) is 1. The molecular formula is C11H6BrF2N3O2. The number of anilines is 2. The summed E-state index contributed by atoms with van der Waals surface area (Å²) in [4.78, 5) is 18.2. The largest absolute Gasteiger partial charge is 0.477 e. The van der Waals surface area contributed by atoms with Gasteiger partial charge in [0.25, 0.3) is 0 Å². The van der Waals surface area contributed by atoms with E-state index in [1.165, 1.54) is 0 Å². The Morgan fingerprint density at radius 3 is 2.74 bits per heavy atom. The monoisotopic (exact) mass is 329 g/mol. The first-order valence-electron chi connectivity index (χ1n) is 4.94. The number of halogens is 3. The SMILES string of the molecule is O=C(O)c1cncnc1Nc1cc(Br)c(F)cc1F. The van der Waals surface area contributed by atoms with Crippen molar-refractivity contribution in [1.82, 2.24) is 9.97 Å². The fourth-order valence-electron chi connectivity index (χ4n) is 1.33. The molecule has 0 aliphatic carbocycles. The number of nitrogens with zero attached hydrogens (tertiary/aromatic N) is 2. The summed E-state index contributed by atoms with van der Waals surface area (Å²) in [5.74, 6) is -2.97. The number of carboxylic acids is 1. The van der Waals surface area contributed by atoms with Crippen LogP contribution < -0.4 is 5.32 Å². The van der Waals surface area contributed by atoms with Crippen molar-refractivity contribution in [2.75, 3.05) is 5.32 Å². The summed E-state index contributed by atoms with van der Waals surface area (Å²) in [5.41, 5.74) is -0.322. The van der Waals surface area contributed by atoms with Gasteiger partial charge in [-0.1, -0.05) is 0 Å². The predicted molar refractivity (Wildman–Crippen MR) is 66.3 cm³/mol. The summed E-state index contributed by atoms with van der Waals surface area (Å²) in [6.45, 7) is 0. The Kier molecular flexibility index (Phi) is 3.70. The van der Waals surface area contributed by atoms with Crippen molar-refractivity contribution in [2.24, 2.45) is 0 Å². The molecule has 0 atom stereocenters. The van der Waals surface area contributed by atoms with Crippen LogP contribution in [0.15, 0.2) is 29.1 Å². The highest BCUT2D eigenvalue weighted by Gasteiger charge is 2.14. The van der Waals surface area contributed by atoms with Crippen molar-refractivity contribution in [3.05, 3.63) is 46.3 Å². The number of rotatable bonds is 3. The lowest BCUT2D eigenvalue weighted by Gasteiger charge is -2.09. The Hall–Kier alpha value is -2.09. The molecule has 0 fully saturated rings. The molecule has 5 nitrogen and oxygen atoms in total. The zero-order chi connectivity index (χ0) is 14.0. The number of carbonyl (C=O) groups is 1. The fourth-order valence-corrected chi connectivity index (χ4v) is 1.68. The molecule has 1 aromatic carbocycles. The molecule has 2 aromatic rings. The van der Waals surface area contributed by atoms with E-state index >= 15 is 0 Å². The molecule has 1 heterocycles. The average molecular weight is 330 g/mol. The van der Waals surface area contributed by atoms with Gasteiger partial charge in [0.1, 0.15) is 29.3 Å². The number of hydrogen-bond donors (Lipinski definition) is 2. The standard InChI is InChI=1S/C11H6BrF2N3O2/c12-6-1-9(8(14)2-7(6)13)17-10-5(11(18)19)3-15-4-16-10/h1-4H,(H,18,19)(H,15,16,17). The maximum absolute atomic E-state index is 13.5. The second kappa shape index (κ2) is 5.27. The van der Waals surface area contributed by atoms with Gasteiger partial charge in [-0.25, -0.2) is 23.5 Å². The van der Waals surface area contributed by atoms with E-state index in [2.05, 4.69) is 31.2 Å². The van der Waals surface area contributed by atoms with Crippen molar-refractivity contribution < 1.29 is 18.7 Å². The summed E-state index contributed by atoms with van der Waals surface area (Å²) in [6.07, 6.45) is 2.19. The third kappa shape index (κ3) is 2.84. The van der Waals surface area contributed by atoms with Crippen LogP contribution in [0.2, 0.25) is 0 Å². The van der Waals surface area contributed by atoms with Crippen LogP contribution in [0.4, 0.5) is 20.3 Å². The predicted octanol–water partition coefficient (Wildman–Crippen LogP) is 2.96. The average Bonchev–Trinajstić information content (AvgIpc) is 2.36. The second-order valence-electron chi connectivity index (χ2n) is 3.46. The molecule has 0 saturated heterocycles. The first kappa shape index (κ1) is 13.3. The summed E-state index contributed by atoms with van der Waals surface area (Å²) in [5, 5.41) is 11.4. The number of carboxylic acid groups (broad SMARTS) is 1. The molecule has 0 radical (unpaired) electrons. The third-order valence-electron chi connectivity index (χ3n) is 2.21. The van der Waals surface area contributed by atoms with E-state index < -0.39 is 17.6 Å². The van der Waals surface area contributed by atoms with Crippen LogP contribution in [0.5, 0.6) is 0 Å². The van der Waals surface area contributed by atoms with Crippen LogP contribution in [0.1, 0.15) is 10.4 Å². The smallest absolute Gasteiger partial charge is 0.341 e. The Morgan fingerprint density at radius 2 is 2.05 bits per heavy atom. The highest BCUT2D eigenvalue weighted by atomic mass is 79.9. The van der Waals surface area contributed by atoms with Gasteiger partial charge in [0.2, 0.25) is 0 Å². The number of aromatic nitrogens is 2. The third-order valence-corrected chi connectivity index (χ3v) is 2.81. The minimum Gasteiger partial charge on any atom is -0.477 e. The summed E-state index contributed by atoms with van der Waals surface area (Å²) >= 11 is 2.91. The molecule has 0 aliphatic heterocycles. The normalized spacial score (nSPS) is 10.3. The van der Waals surface area contributed by atoms with Gasteiger partial charge in [0.15, 0.2) is 0 Å². The maximum Gasteiger partial charge on any atom is 0.341 e. The van der Waals surface area contributed by atoms with Crippen molar-refractivity contribution in [3.8, 4) is 0 Å². The molecule has 0 amide bonds. The molecule has 8 heteroatoms.